The number of aromatic hydroxyl groups is 1. The highest BCUT2D eigenvalue weighted by atomic mass is 35.5. The van der Waals surface area contributed by atoms with Gasteiger partial charge in [0.2, 0.25) is 0 Å². The minimum absolute atomic E-state index is 0.0821. The fraction of sp³-hybridized carbons (Fsp3) is 0.240. The summed E-state index contributed by atoms with van der Waals surface area (Å²) in [6.07, 6.45) is 1.14. The number of fused-ring (bicyclic) bond motifs is 3. The number of phenols is 1. The van der Waals surface area contributed by atoms with Crippen molar-refractivity contribution in [1.82, 2.24) is 0 Å². The summed E-state index contributed by atoms with van der Waals surface area (Å²) in [5.74, 6) is 1.35. The maximum atomic E-state index is 13.4. The average molecular weight is 439 g/mol. The maximum Gasteiger partial charge on any atom is 0.163 e. The van der Waals surface area contributed by atoms with E-state index < -0.39 is 0 Å². The van der Waals surface area contributed by atoms with Gasteiger partial charge >= 0.3 is 0 Å². The van der Waals surface area contributed by atoms with Crippen molar-refractivity contribution in [3.8, 4) is 11.5 Å². The number of allylic oxidation sites excluding steroid dienone is 2. The van der Waals surface area contributed by atoms with Gasteiger partial charge in [-0.15, -0.1) is 0 Å². The molecule has 2 aliphatic rings. The summed E-state index contributed by atoms with van der Waals surface area (Å²) < 4.78 is 6.32. The monoisotopic (exact) mass is 438 g/mol. The molecule has 0 bridgehead atoms. The van der Waals surface area contributed by atoms with Gasteiger partial charge in [0.15, 0.2) is 5.78 Å². The zero-order valence-corrected chi connectivity index (χ0v) is 18.1. The van der Waals surface area contributed by atoms with Gasteiger partial charge in [0.25, 0.3) is 0 Å². The zero-order valence-electron chi connectivity index (χ0n) is 16.6. The van der Waals surface area contributed by atoms with E-state index in [0.29, 0.717) is 34.2 Å². The number of benzene rings is 3. The zero-order chi connectivity index (χ0) is 21.2. The fourth-order valence-electron chi connectivity index (χ4n) is 4.72. The first-order chi connectivity index (χ1) is 14.2. The third kappa shape index (κ3) is 3.08. The molecule has 152 valence electrons. The van der Waals surface area contributed by atoms with E-state index in [4.69, 9.17) is 27.9 Å². The number of carbonyl (C=O) groups excluding carboxylic acids is 1. The van der Waals surface area contributed by atoms with Crippen LogP contribution in [0.2, 0.25) is 10.0 Å². The molecule has 5 heteroatoms. The first-order valence-electron chi connectivity index (χ1n) is 9.88. The Morgan fingerprint density at radius 2 is 1.83 bits per heavy atom. The van der Waals surface area contributed by atoms with Gasteiger partial charge in [-0.25, -0.2) is 0 Å². The van der Waals surface area contributed by atoms with Crippen LogP contribution in [0.3, 0.4) is 0 Å². The van der Waals surface area contributed by atoms with Crippen LogP contribution in [0.5, 0.6) is 11.5 Å². The Hall–Kier alpha value is -2.49. The van der Waals surface area contributed by atoms with Crippen molar-refractivity contribution in [3.05, 3.63) is 81.0 Å². The number of ketones is 1. The number of hydrogen-bond donors (Lipinski definition) is 1. The number of rotatable bonds is 1. The lowest BCUT2D eigenvalue weighted by molar-refractivity contribution is -0.118. The molecule has 1 aliphatic carbocycles. The average Bonchev–Trinajstić information content (AvgIpc) is 2.65. The first kappa shape index (κ1) is 19.5. The second-order valence-electron chi connectivity index (χ2n) is 8.86. The third-order valence-electron chi connectivity index (χ3n) is 5.97. The van der Waals surface area contributed by atoms with Crippen LogP contribution in [0.15, 0.2) is 59.9 Å². The molecule has 0 amide bonds. The lowest BCUT2D eigenvalue weighted by atomic mass is 9.69. The maximum absolute atomic E-state index is 13.4. The normalized spacial score (nSPS) is 20.0. The number of carbonyl (C=O) groups is 1. The molecule has 0 radical (unpaired) electrons. The van der Waals surface area contributed by atoms with Crippen LogP contribution in [0.25, 0.3) is 10.8 Å². The minimum atomic E-state index is -0.356. The third-order valence-corrected chi connectivity index (χ3v) is 6.53. The highest BCUT2D eigenvalue weighted by molar-refractivity contribution is 6.35. The van der Waals surface area contributed by atoms with Crippen molar-refractivity contribution in [1.29, 1.82) is 0 Å². The molecule has 1 N–H and O–H groups in total. The largest absolute Gasteiger partial charge is 0.508 e. The van der Waals surface area contributed by atoms with E-state index in [1.54, 1.807) is 24.3 Å². The smallest absolute Gasteiger partial charge is 0.163 e. The molecule has 5 rings (SSSR count). The van der Waals surface area contributed by atoms with E-state index >= 15 is 0 Å². The number of halogens is 2. The van der Waals surface area contributed by atoms with Gasteiger partial charge in [0, 0.05) is 39.9 Å². The minimum Gasteiger partial charge on any atom is -0.508 e. The summed E-state index contributed by atoms with van der Waals surface area (Å²) in [4.78, 5) is 13.4. The molecule has 0 saturated heterocycles. The SMILES string of the molecule is CC1(C)CC(=O)C2=C(C1)Oc1ccc3cc(O)ccc3c1C2c1ccc(Cl)cc1Cl. The predicted octanol–water partition coefficient (Wildman–Crippen LogP) is 7.02. The fourth-order valence-corrected chi connectivity index (χ4v) is 5.24. The van der Waals surface area contributed by atoms with E-state index in [1.165, 1.54) is 0 Å². The van der Waals surface area contributed by atoms with E-state index in [-0.39, 0.29) is 22.9 Å². The Morgan fingerprint density at radius 3 is 2.60 bits per heavy atom. The molecule has 0 spiro atoms. The first-order valence-corrected chi connectivity index (χ1v) is 10.6. The second kappa shape index (κ2) is 6.76. The second-order valence-corrected chi connectivity index (χ2v) is 9.71. The molecule has 3 aromatic rings. The molecular weight excluding hydrogens is 419 g/mol. The Bertz CT molecular complexity index is 1260. The highest BCUT2D eigenvalue weighted by Gasteiger charge is 2.43. The summed E-state index contributed by atoms with van der Waals surface area (Å²) in [5.41, 5.74) is 2.23. The Morgan fingerprint density at radius 1 is 1.03 bits per heavy atom. The lowest BCUT2D eigenvalue weighted by Crippen LogP contribution is -2.33. The van der Waals surface area contributed by atoms with E-state index in [1.807, 2.05) is 24.3 Å². The molecule has 1 unspecified atom stereocenters. The molecule has 0 aromatic heterocycles. The summed E-state index contributed by atoms with van der Waals surface area (Å²) in [6.45, 7) is 4.17. The number of hydrogen-bond acceptors (Lipinski definition) is 3. The van der Waals surface area contributed by atoms with E-state index in [9.17, 15) is 9.90 Å². The van der Waals surface area contributed by atoms with Crippen LogP contribution in [-0.2, 0) is 4.79 Å². The van der Waals surface area contributed by atoms with E-state index in [2.05, 4.69) is 13.8 Å². The van der Waals surface area contributed by atoms with Crippen molar-refractivity contribution in [2.24, 2.45) is 5.41 Å². The van der Waals surface area contributed by atoms with Gasteiger partial charge in [0.05, 0.1) is 0 Å². The summed E-state index contributed by atoms with van der Waals surface area (Å²) in [7, 11) is 0. The van der Waals surface area contributed by atoms with Crippen LogP contribution in [0, 0.1) is 5.41 Å². The highest BCUT2D eigenvalue weighted by Crippen LogP contribution is 2.53. The summed E-state index contributed by atoms with van der Waals surface area (Å²) >= 11 is 12.8. The van der Waals surface area contributed by atoms with Gasteiger partial charge < -0.3 is 9.84 Å². The lowest BCUT2D eigenvalue weighted by Gasteiger charge is -2.39. The topological polar surface area (TPSA) is 46.5 Å². The molecule has 0 fully saturated rings. The molecule has 1 atom stereocenters. The van der Waals surface area contributed by atoms with Gasteiger partial charge in [-0.1, -0.05) is 55.2 Å². The predicted molar refractivity (Wildman–Crippen MR) is 120 cm³/mol. The van der Waals surface area contributed by atoms with Crippen LogP contribution in [0.4, 0.5) is 0 Å². The number of ether oxygens (including phenoxy) is 1. The molecular formula is C25H20Cl2O3. The quantitative estimate of drug-likeness (QED) is 0.443. The number of phenolic OH excluding ortho intramolecular Hbond substituents is 1. The molecule has 0 saturated carbocycles. The van der Waals surface area contributed by atoms with Crippen LogP contribution < -0.4 is 4.74 Å². The summed E-state index contributed by atoms with van der Waals surface area (Å²) in [6, 6.07) is 14.5. The molecule has 30 heavy (non-hydrogen) atoms. The molecule has 1 aliphatic heterocycles. The molecule has 3 aromatic carbocycles. The van der Waals surface area contributed by atoms with E-state index in [0.717, 1.165) is 27.7 Å². The Labute approximate surface area is 184 Å². The van der Waals surface area contributed by atoms with Crippen LogP contribution in [0.1, 0.15) is 43.7 Å². The van der Waals surface area contributed by atoms with Gasteiger partial charge in [0.1, 0.15) is 17.3 Å². The van der Waals surface area contributed by atoms with Crippen molar-refractivity contribution in [2.45, 2.75) is 32.6 Å². The van der Waals surface area contributed by atoms with Crippen molar-refractivity contribution < 1.29 is 14.6 Å². The van der Waals surface area contributed by atoms with Gasteiger partial charge in [-0.2, -0.15) is 0 Å². The van der Waals surface area contributed by atoms with Crippen LogP contribution >= 0.6 is 23.2 Å². The molecule has 3 nitrogen and oxygen atoms in total. The van der Waals surface area contributed by atoms with Gasteiger partial charge in [-0.05, 0) is 52.1 Å². The van der Waals surface area contributed by atoms with Crippen molar-refractivity contribution >= 4 is 39.8 Å². The number of Topliss-reactive ketones (excluding diaryl/α,β-unsaturated/α-hetero) is 1. The van der Waals surface area contributed by atoms with Crippen molar-refractivity contribution in [3.63, 3.8) is 0 Å². The van der Waals surface area contributed by atoms with Gasteiger partial charge in [-0.3, -0.25) is 4.79 Å². The van der Waals surface area contributed by atoms with Crippen LogP contribution in [-0.4, -0.2) is 10.9 Å². The Balaban J connectivity index is 1.84. The summed E-state index contributed by atoms with van der Waals surface area (Å²) in [5, 5.41) is 12.8. The van der Waals surface area contributed by atoms with Crippen molar-refractivity contribution in [2.75, 3.05) is 0 Å². The molecule has 1 heterocycles. The Kier molecular flexibility index (Phi) is 4.39. The standard InChI is InChI=1S/C25H20Cl2O3/c1-25(2)11-19(29)24-21(12-25)30-20-8-3-13-9-15(28)5-7-16(13)22(20)23(24)17-6-4-14(26)10-18(17)27/h3-10,23,28H,11-12H2,1-2H3.